The van der Waals surface area contributed by atoms with E-state index >= 15 is 0 Å². The van der Waals surface area contributed by atoms with Gasteiger partial charge in [-0.1, -0.05) is 36.0 Å². The van der Waals surface area contributed by atoms with Crippen molar-refractivity contribution in [2.75, 3.05) is 6.61 Å². The van der Waals surface area contributed by atoms with Crippen LogP contribution in [-0.2, 0) is 23.9 Å². The summed E-state index contributed by atoms with van der Waals surface area (Å²) in [7, 11) is 0. The smallest absolute Gasteiger partial charge is 0.303 e. The molecule has 1 unspecified atom stereocenters. The Hall–Kier alpha value is -2.81. The Bertz CT molecular complexity index is 1210. The summed E-state index contributed by atoms with van der Waals surface area (Å²) < 4.78 is 2.41. The standard InChI is InChI=1S/C20H14O7S/c1-10(21)27-9-15(22)20-16(17(23)18(24)28-20)14-7-12-5-3-2-4-11(12)6-13(14)8-19(20,25)26/h2-8,25-26H,9H2,1H3. The van der Waals surface area contributed by atoms with Gasteiger partial charge in [0.25, 0.3) is 5.12 Å². The molecule has 1 fully saturated rings. The largest absolute Gasteiger partial charge is 0.458 e. The molecule has 2 aromatic carbocycles. The first-order chi connectivity index (χ1) is 13.2. The normalized spacial score (nSPS) is 22.5. The molecule has 2 aromatic rings. The van der Waals surface area contributed by atoms with E-state index in [1.807, 2.05) is 12.1 Å². The number of carbonyl (C=O) groups is 4. The van der Waals surface area contributed by atoms with Crippen LogP contribution in [0.1, 0.15) is 6.92 Å². The molecule has 8 heteroatoms. The number of carbonyl (C=O) groups excluding carboxylic acids is 4. The lowest BCUT2D eigenvalue weighted by Crippen LogP contribution is -2.62. The highest BCUT2D eigenvalue weighted by Gasteiger charge is 2.66. The maximum atomic E-state index is 12.9. The van der Waals surface area contributed by atoms with E-state index in [4.69, 9.17) is 4.74 Å². The summed E-state index contributed by atoms with van der Waals surface area (Å²) in [4.78, 5) is 48.9. The van der Waals surface area contributed by atoms with Crippen LogP contribution in [0.25, 0.3) is 22.4 Å². The number of esters is 1. The van der Waals surface area contributed by atoms with E-state index in [-0.39, 0.29) is 22.6 Å². The molecule has 1 atom stereocenters. The van der Waals surface area contributed by atoms with Crippen molar-refractivity contribution < 1.29 is 34.1 Å². The molecule has 1 aliphatic carbocycles. The Balaban J connectivity index is 2.08. The van der Waals surface area contributed by atoms with E-state index in [0.717, 1.165) is 23.8 Å². The first-order valence-corrected chi connectivity index (χ1v) is 9.14. The van der Waals surface area contributed by atoms with Gasteiger partial charge in [-0.05, 0) is 39.4 Å². The van der Waals surface area contributed by atoms with Gasteiger partial charge in [0.15, 0.2) is 17.1 Å². The summed E-state index contributed by atoms with van der Waals surface area (Å²) >= 11 is 0.243. The van der Waals surface area contributed by atoms with Crippen LogP contribution < -0.4 is 10.4 Å². The number of ether oxygens (including phenoxy) is 1. The summed E-state index contributed by atoms with van der Waals surface area (Å²) in [5.74, 6) is -5.51. The van der Waals surface area contributed by atoms with Gasteiger partial charge in [0.2, 0.25) is 11.6 Å². The fourth-order valence-corrected chi connectivity index (χ4v) is 4.81. The van der Waals surface area contributed by atoms with Crippen LogP contribution in [0.3, 0.4) is 0 Å². The lowest BCUT2D eigenvalue weighted by Gasteiger charge is -2.38. The number of benzene rings is 2. The molecule has 0 saturated carbocycles. The second-order valence-electron chi connectivity index (χ2n) is 6.64. The van der Waals surface area contributed by atoms with E-state index in [9.17, 15) is 29.4 Å². The van der Waals surface area contributed by atoms with Gasteiger partial charge >= 0.3 is 5.97 Å². The van der Waals surface area contributed by atoms with Crippen molar-refractivity contribution in [3.05, 3.63) is 46.8 Å². The highest BCUT2D eigenvalue weighted by atomic mass is 32.2. The Morgan fingerprint density at radius 1 is 1.11 bits per heavy atom. The zero-order valence-electron chi connectivity index (χ0n) is 14.6. The maximum Gasteiger partial charge on any atom is 0.303 e. The van der Waals surface area contributed by atoms with Crippen molar-refractivity contribution in [3.8, 4) is 0 Å². The second-order valence-corrected chi connectivity index (χ2v) is 7.82. The van der Waals surface area contributed by atoms with Crippen molar-refractivity contribution >= 4 is 56.8 Å². The summed E-state index contributed by atoms with van der Waals surface area (Å²) in [5, 5.41) is 22.7. The zero-order chi connectivity index (χ0) is 20.3. The number of aliphatic hydroxyl groups is 2. The van der Waals surface area contributed by atoms with Crippen LogP contribution in [0.15, 0.2) is 36.4 Å². The van der Waals surface area contributed by atoms with E-state index in [1.165, 1.54) is 0 Å². The highest BCUT2D eigenvalue weighted by Crippen LogP contribution is 2.50. The van der Waals surface area contributed by atoms with Crippen molar-refractivity contribution in [3.63, 3.8) is 0 Å². The topological polar surface area (TPSA) is 118 Å². The van der Waals surface area contributed by atoms with Crippen LogP contribution in [-0.4, -0.2) is 50.0 Å². The number of fused-ring (bicyclic) bond motifs is 3. The summed E-state index contributed by atoms with van der Waals surface area (Å²) in [6.45, 7) is 0.291. The Morgan fingerprint density at radius 3 is 2.39 bits per heavy atom. The molecule has 1 heterocycles. The minimum absolute atomic E-state index is 0.243. The predicted molar refractivity (Wildman–Crippen MR) is 100 cm³/mol. The molecule has 142 valence electrons. The van der Waals surface area contributed by atoms with Crippen molar-refractivity contribution in [1.29, 1.82) is 0 Å². The summed E-state index contributed by atoms with van der Waals surface area (Å²) in [5.41, 5.74) is -0.298. The predicted octanol–water partition coefficient (Wildman–Crippen LogP) is -0.821. The molecule has 1 aliphatic heterocycles. The van der Waals surface area contributed by atoms with E-state index in [1.54, 1.807) is 24.3 Å². The van der Waals surface area contributed by atoms with E-state index in [0.29, 0.717) is 5.22 Å². The molecule has 28 heavy (non-hydrogen) atoms. The fraction of sp³-hybridized carbons (Fsp3) is 0.200. The Morgan fingerprint density at radius 2 is 1.75 bits per heavy atom. The molecular formula is C20H14O7S. The van der Waals surface area contributed by atoms with Gasteiger partial charge in [0.05, 0.1) is 0 Å². The first-order valence-electron chi connectivity index (χ1n) is 8.33. The quantitative estimate of drug-likeness (QED) is 0.391. The molecule has 0 bridgehead atoms. The minimum Gasteiger partial charge on any atom is -0.458 e. The molecule has 2 N–H and O–H groups in total. The monoisotopic (exact) mass is 398 g/mol. The van der Waals surface area contributed by atoms with Crippen LogP contribution in [0.5, 0.6) is 0 Å². The summed E-state index contributed by atoms with van der Waals surface area (Å²) in [6, 6.07) is 10.5. The molecule has 7 nitrogen and oxygen atoms in total. The first kappa shape index (κ1) is 18.5. The van der Waals surface area contributed by atoms with Crippen molar-refractivity contribution in [2.45, 2.75) is 17.5 Å². The van der Waals surface area contributed by atoms with Gasteiger partial charge in [0, 0.05) is 12.5 Å². The average Bonchev–Trinajstić information content (AvgIpc) is 2.91. The third-order valence-corrected chi connectivity index (χ3v) is 6.28. The average molecular weight is 398 g/mol. The van der Waals surface area contributed by atoms with Crippen LogP contribution >= 0.6 is 11.8 Å². The van der Waals surface area contributed by atoms with Gasteiger partial charge < -0.3 is 14.9 Å². The lowest BCUT2D eigenvalue weighted by atomic mass is 9.78. The van der Waals surface area contributed by atoms with Gasteiger partial charge in [-0.25, -0.2) is 0 Å². The molecule has 2 aliphatic rings. The third kappa shape index (κ3) is 2.46. The zero-order valence-corrected chi connectivity index (χ0v) is 15.4. The number of thioether (sulfide) groups is 1. The molecule has 1 saturated heterocycles. The Kier molecular flexibility index (Phi) is 4.04. The molecule has 0 radical (unpaired) electrons. The highest BCUT2D eigenvalue weighted by molar-refractivity contribution is 8.19. The number of rotatable bonds is 3. The molecule has 0 spiro atoms. The number of hydrogen-bond donors (Lipinski definition) is 2. The van der Waals surface area contributed by atoms with Gasteiger partial charge in [0.1, 0.15) is 0 Å². The van der Waals surface area contributed by atoms with Crippen molar-refractivity contribution in [2.24, 2.45) is 0 Å². The SMILES string of the molecule is CC(=O)OCC(=O)C12SC(=O)C(=O)C1=c1cc3ccccc3cc1=CC2(O)O. The lowest BCUT2D eigenvalue weighted by molar-refractivity contribution is -0.156. The van der Waals surface area contributed by atoms with Crippen LogP contribution in [0.2, 0.25) is 0 Å². The van der Waals surface area contributed by atoms with Crippen LogP contribution in [0.4, 0.5) is 0 Å². The molecular weight excluding hydrogens is 384 g/mol. The number of ketones is 2. The van der Waals surface area contributed by atoms with Gasteiger partial charge in [-0.3, -0.25) is 19.2 Å². The Labute approximate surface area is 162 Å². The molecule has 0 aromatic heterocycles. The van der Waals surface area contributed by atoms with E-state index in [2.05, 4.69) is 0 Å². The van der Waals surface area contributed by atoms with Crippen molar-refractivity contribution in [1.82, 2.24) is 0 Å². The minimum atomic E-state index is -2.83. The maximum absolute atomic E-state index is 12.9. The third-order valence-electron chi connectivity index (χ3n) is 4.87. The second kappa shape index (κ2) is 6.10. The van der Waals surface area contributed by atoms with Crippen LogP contribution in [0, 0.1) is 0 Å². The van der Waals surface area contributed by atoms with Gasteiger partial charge in [-0.15, -0.1) is 0 Å². The number of hydrogen-bond acceptors (Lipinski definition) is 8. The fourth-order valence-electron chi connectivity index (χ4n) is 3.65. The molecule has 0 amide bonds. The summed E-state index contributed by atoms with van der Waals surface area (Å²) in [6.07, 6.45) is 1.04. The van der Waals surface area contributed by atoms with Gasteiger partial charge in [-0.2, -0.15) is 0 Å². The number of Topliss-reactive ketones (excluding diaryl/α,β-unsaturated/α-hetero) is 2. The van der Waals surface area contributed by atoms with E-state index < -0.39 is 39.8 Å². The molecule has 4 rings (SSSR count).